The van der Waals surface area contributed by atoms with Crippen LogP contribution in [0.4, 0.5) is 17.6 Å². The fourth-order valence-electron chi connectivity index (χ4n) is 3.66. The van der Waals surface area contributed by atoms with E-state index in [2.05, 4.69) is 5.32 Å². The van der Waals surface area contributed by atoms with Gasteiger partial charge in [-0.1, -0.05) is 17.8 Å². The number of amides is 1. The lowest BCUT2D eigenvalue weighted by molar-refractivity contribution is -0.184. The molecule has 2 atom stereocenters. The average molecular weight is 416 g/mol. The Morgan fingerprint density at radius 1 is 1.25 bits per heavy atom. The van der Waals surface area contributed by atoms with Crippen molar-refractivity contribution >= 4 is 17.2 Å². The second-order valence-corrected chi connectivity index (χ2v) is 8.20. The largest absolute Gasteiger partial charge is 0.391 e. The number of hydrogen-bond donors (Lipinski definition) is 1. The van der Waals surface area contributed by atoms with E-state index in [1.807, 2.05) is 0 Å². The Bertz CT molecular complexity index is 902. The number of alkyl halides is 3. The van der Waals surface area contributed by atoms with Gasteiger partial charge < -0.3 is 5.32 Å². The predicted molar refractivity (Wildman–Crippen MR) is 98.7 cm³/mol. The van der Waals surface area contributed by atoms with Gasteiger partial charge in [-0.3, -0.25) is 14.2 Å². The molecule has 0 radical (unpaired) electrons. The Morgan fingerprint density at radius 3 is 2.57 bits per heavy atom. The first kappa shape index (κ1) is 20.6. The van der Waals surface area contributed by atoms with Gasteiger partial charge in [-0.15, -0.1) is 0 Å². The number of nitrogens with zero attached hydrogens (tertiary/aromatic N) is 1. The number of nitrogens with one attached hydrogen (secondary N) is 1. The number of carbonyl (C=O) groups is 1. The van der Waals surface area contributed by atoms with Gasteiger partial charge in [0.2, 0.25) is 5.91 Å². The number of thiazole rings is 1. The van der Waals surface area contributed by atoms with E-state index in [0.29, 0.717) is 29.0 Å². The molecule has 1 amide bonds. The van der Waals surface area contributed by atoms with Gasteiger partial charge in [0.25, 0.3) is 0 Å². The molecule has 1 aromatic carbocycles. The summed E-state index contributed by atoms with van der Waals surface area (Å²) in [5.74, 6) is -2.33. The van der Waals surface area contributed by atoms with Crippen molar-refractivity contribution in [2.45, 2.75) is 51.4 Å². The molecular weight excluding hydrogens is 396 g/mol. The molecule has 1 saturated carbocycles. The summed E-state index contributed by atoms with van der Waals surface area (Å²) in [4.78, 5) is 25.1. The van der Waals surface area contributed by atoms with Crippen molar-refractivity contribution < 1.29 is 22.4 Å². The predicted octanol–water partition coefficient (Wildman–Crippen LogP) is 4.26. The van der Waals surface area contributed by atoms with Gasteiger partial charge >= 0.3 is 11.0 Å². The monoisotopic (exact) mass is 416 g/mol. The molecule has 1 aromatic heterocycles. The van der Waals surface area contributed by atoms with Crippen molar-refractivity contribution in [3.05, 3.63) is 44.6 Å². The van der Waals surface area contributed by atoms with Gasteiger partial charge in [0.1, 0.15) is 12.4 Å². The van der Waals surface area contributed by atoms with Gasteiger partial charge in [0.05, 0.1) is 11.6 Å². The summed E-state index contributed by atoms with van der Waals surface area (Å²) in [6, 6.07) is 5.01. The number of aryl methyl sites for hydroxylation is 1. The lowest BCUT2D eigenvalue weighted by atomic mass is 9.85. The first-order valence-corrected chi connectivity index (χ1v) is 9.79. The second-order valence-electron chi connectivity index (χ2n) is 7.04. The number of benzene rings is 1. The second kappa shape index (κ2) is 8.06. The molecule has 4 nitrogen and oxygen atoms in total. The molecule has 152 valence electrons. The summed E-state index contributed by atoms with van der Waals surface area (Å²) in [5, 5.41) is 2.64. The van der Waals surface area contributed by atoms with Crippen molar-refractivity contribution in [2.24, 2.45) is 5.92 Å². The summed E-state index contributed by atoms with van der Waals surface area (Å²) in [6.07, 6.45) is -3.44. The maximum atomic E-state index is 13.2. The zero-order valence-corrected chi connectivity index (χ0v) is 16.0. The van der Waals surface area contributed by atoms with E-state index in [1.165, 1.54) is 28.8 Å². The first-order chi connectivity index (χ1) is 13.1. The van der Waals surface area contributed by atoms with Crippen LogP contribution in [0.2, 0.25) is 0 Å². The van der Waals surface area contributed by atoms with Gasteiger partial charge in [-0.2, -0.15) is 13.2 Å². The van der Waals surface area contributed by atoms with Crippen LogP contribution in [0, 0.1) is 18.7 Å². The molecule has 0 unspecified atom stereocenters. The highest BCUT2D eigenvalue weighted by Crippen LogP contribution is 2.37. The minimum atomic E-state index is -4.26. The van der Waals surface area contributed by atoms with E-state index in [9.17, 15) is 27.2 Å². The molecule has 1 N–H and O–H groups in total. The molecule has 28 heavy (non-hydrogen) atoms. The highest BCUT2D eigenvalue weighted by Gasteiger charge is 2.42. The quantitative estimate of drug-likeness (QED) is 0.758. The molecule has 1 aliphatic carbocycles. The number of halogens is 4. The highest BCUT2D eigenvalue weighted by molar-refractivity contribution is 7.09. The van der Waals surface area contributed by atoms with Crippen LogP contribution in [0.3, 0.4) is 0 Å². The van der Waals surface area contributed by atoms with Crippen molar-refractivity contribution in [1.29, 1.82) is 0 Å². The number of rotatable bonds is 4. The molecule has 9 heteroatoms. The molecule has 3 rings (SSSR count). The third kappa shape index (κ3) is 4.63. The summed E-state index contributed by atoms with van der Waals surface area (Å²) < 4.78 is 53.3. The Hall–Kier alpha value is -2.16. The molecule has 0 spiro atoms. The molecule has 1 heterocycles. The molecule has 1 fully saturated rings. The molecular formula is C19H20F4N2O2S. The Morgan fingerprint density at radius 2 is 1.93 bits per heavy atom. The molecule has 0 saturated heterocycles. The number of hydrogen-bond acceptors (Lipinski definition) is 3. The van der Waals surface area contributed by atoms with Crippen LogP contribution in [-0.4, -0.2) is 22.7 Å². The van der Waals surface area contributed by atoms with E-state index in [4.69, 9.17) is 0 Å². The maximum absolute atomic E-state index is 13.2. The normalized spacial score (nSPS) is 20.2. The van der Waals surface area contributed by atoms with Crippen molar-refractivity contribution in [3.8, 4) is 11.3 Å². The van der Waals surface area contributed by atoms with Gasteiger partial charge in [0, 0.05) is 10.9 Å². The third-order valence-corrected chi connectivity index (χ3v) is 5.88. The lowest BCUT2D eigenvalue weighted by Crippen LogP contribution is -2.43. The minimum Gasteiger partial charge on any atom is -0.352 e. The van der Waals surface area contributed by atoms with Crippen LogP contribution in [0.5, 0.6) is 0 Å². The van der Waals surface area contributed by atoms with Crippen LogP contribution in [-0.2, 0) is 11.3 Å². The van der Waals surface area contributed by atoms with Crippen molar-refractivity contribution in [1.82, 2.24) is 9.88 Å². The van der Waals surface area contributed by atoms with Crippen molar-refractivity contribution in [2.75, 3.05) is 0 Å². The Balaban J connectivity index is 1.74. The Labute approximate surface area is 163 Å². The van der Waals surface area contributed by atoms with Crippen molar-refractivity contribution in [3.63, 3.8) is 0 Å². The number of aromatic nitrogens is 1. The first-order valence-electron chi connectivity index (χ1n) is 8.97. The Kier molecular flexibility index (Phi) is 5.92. The standard InChI is InChI=1S/C19H20F4N2O2S/c1-11-17(12-5-7-14(20)8-6-12)25(18(27)28-11)10-16(26)24-15-4-2-3-13(9-15)19(21,22)23/h5-8,13,15H,2-4,9-10H2,1H3,(H,24,26)/t13-,15-/m1/s1. The molecule has 0 aliphatic heterocycles. The zero-order valence-electron chi connectivity index (χ0n) is 15.2. The van der Waals surface area contributed by atoms with E-state index in [1.54, 1.807) is 6.92 Å². The molecule has 1 aliphatic rings. The topological polar surface area (TPSA) is 51.1 Å². The zero-order chi connectivity index (χ0) is 20.5. The summed E-state index contributed by atoms with van der Waals surface area (Å²) >= 11 is 0.972. The number of carbonyl (C=O) groups excluding carboxylic acids is 1. The van der Waals surface area contributed by atoms with Gasteiger partial charge in [-0.25, -0.2) is 4.39 Å². The maximum Gasteiger partial charge on any atom is 0.391 e. The van der Waals surface area contributed by atoms with E-state index in [0.717, 1.165) is 11.3 Å². The van der Waals surface area contributed by atoms with Crippen LogP contribution in [0.15, 0.2) is 29.1 Å². The molecule has 0 bridgehead atoms. The average Bonchev–Trinajstić information content (AvgIpc) is 2.88. The van der Waals surface area contributed by atoms with E-state index >= 15 is 0 Å². The van der Waals surface area contributed by atoms with Gasteiger partial charge in [-0.05, 0) is 56.0 Å². The summed E-state index contributed by atoms with van der Waals surface area (Å²) in [5.41, 5.74) is 1.11. The minimum absolute atomic E-state index is 0.0772. The SMILES string of the molecule is Cc1sc(=O)n(CC(=O)N[C@@H]2CCC[C@@H](C(F)(F)F)C2)c1-c1ccc(F)cc1. The fraction of sp³-hybridized carbons (Fsp3) is 0.474. The van der Waals surface area contributed by atoms with Gasteiger partial charge in [0.15, 0.2) is 0 Å². The summed E-state index contributed by atoms with van der Waals surface area (Å²) in [6.45, 7) is 1.44. The van der Waals surface area contributed by atoms with Crippen LogP contribution >= 0.6 is 11.3 Å². The molecule has 2 aromatic rings. The summed E-state index contributed by atoms with van der Waals surface area (Å²) in [7, 11) is 0. The fourth-order valence-corrected chi connectivity index (χ4v) is 4.51. The highest BCUT2D eigenvalue weighted by atomic mass is 32.1. The van der Waals surface area contributed by atoms with Crippen LogP contribution < -0.4 is 10.2 Å². The smallest absolute Gasteiger partial charge is 0.352 e. The van der Waals surface area contributed by atoms with E-state index in [-0.39, 0.29) is 24.3 Å². The van der Waals surface area contributed by atoms with E-state index < -0.39 is 29.9 Å². The van der Waals surface area contributed by atoms with Crippen LogP contribution in [0.25, 0.3) is 11.3 Å². The van der Waals surface area contributed by atoms with Crippen LogP contribution in [0.1, 0.15) is 30.6 Å². The third-order valence-electron chi connectivity index (χ3n) is 4.99. The lowest BCUT2D eigenvalue weighted by Gasteiger charge is -2.31.